The fourth-order valence-corrected chi connectivity index (χ4v) is 5.06. The quantitative estimate of drug-likeness (QED) is 0.760. The van der Waals surface area contributed by atoms with Crippen molar-refractivity contribution in [2.45, 2.75) is 31.6 Å². The number of amides is 1. The number of nitrogens with one attached hydrogen (secondary N) is 1. The van der Waals surface area contributed by atoms with Gasteiger partial charge in [0.1, 0.15) is 10.6 Å². The molecule has 1 heterocycles. The van der Waals surface area contributed by atoms with E-state index in [1.807, 2.05) is 6.92 Å². The minimum absolute atomic E-state index is 0.0247. The second-order valence-corrected chi connectivity index (χ2v) is 8.96. The molecule has 150 valence electrons. The Morgan fingerprint density at radius 2 is 1.89 bits per heavy atom. The van der Waals surface area contributed by atoms with Gasteiger partial charge in [0.2, 0.25) is 10.0 Å². The van der Waals surface area contributed by atoms with Crippen LogP contribution in [0.2, 0.25) is 5.02 Å². The Kier molecular flexibility index (Phi) is 6.27. The van der Waals surface area contributed by atoms with Gasteiger partial charge >= 0.3 is 0 Å². The van der Waals surface area contributed by atoms with Gasteiger partial charge in [0.25, 0.3) is 5.91 Å². The van der Waals surface area contributed by atoms with E-state index in [1.165, 1.54) is 16.4 Å². The Morgan fingerprint density at radius 1 is 1.18 bits per heavy atom. The molecule has 2 aromatic rings. The van der Waals surface area contributed by atoms with E-state index in [0.29, 0.717) is 30.4 Å². The molecule has 1 amide bonds. The van der Waals surface area contributed by atoms with Crippen molar-refractivity contribution in [1.82, 2.24) is 4.31 Å². The van der Waals surface area contributed by atoms with E-state index in [0.717, 1.165) is 18.4 Å². The lowest BCUT2D eigenvalue weighted by atomic mass is 10.1. The van der Waals surface area contributed by atoms with Gasteiger partial charge in [-0.2, -0.15) is 4.31 Å². The summed E-state index contributed by atoms with van der Waals surface area (Å²) >= 11 is 5.95. The first-order valence-electron chi connectivity index (χ1n) is 9.17. The molecule has 2 aromatic carbocycles. The Bertz CT molecular complexity index is 986. The molecule has 0 aromatic heterocycles. The summed E-state index contributed by atoms with van der Waals surface area (Å²) < 4.78 is 33.1. The molecule has 3 rings (SSSR count). The van der Waals surface area contributed by atoms with Gasteiger partial charge in [-0.05, 0) is 68.7 Å². The Labute approximate surface area is 170 Å². The van der Waals surface area contributed by atoms with Crippen LogP contribution in [0.25, 0.3) is 0 Å². The first-order chi connectivity index (χ1) is 13.3. The average Bonchev–Trinajstić information content (AvgIpc) is 3.20. The average molecular weight is 423 g/mol. The fraction of sp³-hybridized carbons (Fsp3) is 0.350. The first-order valence-corrected chi connectivity index (χ1v) is 11.0. The van der Waals surface area contributed by atoms with Crippen LogP contribution in [-0.2, 0) is 10.0 Å². The third kappa shape index (κ3) is 4.32. The van der Waals surface area contributed by atoms with Gasteiger partial charge in [-0.15, -0.1) is 0 Å². The van der Waals surface area contributed by atoms with E-state index < -0.39 is 15.9 Å². The number of halogens is 1. The summed E-state index contributed by atoms with van der Waals surface area (Å²) in [5.41, 5.74) is 1.68. The van der Waals surface area contributed by atoms with Gasteiger partial charge in [-0.25, -0.2) is 8.42 Å². The van der Waals surface area contributed by atoms with Crippen molar-refractivity contribution in [3.63, 3.8) is 0 Å². The van der Waals surface area contributed by atoms with E-state index >= 15 is 0 Å². The number of ether oxygens (including phenoxy) is 1. The molecule has 0 unspecified atom stereocenters. The summed E-state index contributed by atoms with van der Waals surface area (Å²) in [6, 6.07) is 9.64. The lowest BCUT2D eigenvalue weighted by molar-refractivity contribution is 0.102. The predicted octanol–water partition coefficient (Wildman–Crippen LogP) is 4.08. The normalized spacial score (nSPS) is 14.8. The topological polar surface area (TPSA) is 75.7 Å². The molecule has 1 fully saturated rings. The van der Waals surface area contributed by atoms with E-state index in [-0.39, 0.29) is 16.2 Å². The number of hydrogen-bond acceptors (Lipinski definition) is 4. The number of carbonyl (C=O) groups is 1. The van der Waals surface area contributed by atoms with Crippen molar-refractivity contribution in [2.24, 2.45) is 0 Å². The van der Waals surface area contributed by atoms with Crippen molar-refractivity contribution < 1.29 is 17.9 Å². The number of aryl methyl sites for hydroxylation is 1. The van der Waals surface area contributed by atoms with Gasteiger partial charge in [0.15, 0.2) is 0 Å². The summed E-state index contributed by atoms with van der Waals surface area (Å²) in [5, 5.41) is 3.39. The zero-order valence-electron chi connectivity index (χ0n) is 15.9. The summed E-state index contributed by atoms with van der Waals surface area (Å²) in [5.74, 6) is -0.139. The number of carbonyl (C=O) groups excluding carboxylic acids is 1. The molecule has 0 radical (unpaired) electrons. The molecule has 0 saturated carbocycles. The number of rotatable bonds is 6. The Balaban J connectivity index is 1.95. The molecule has 1 aliphatic rings. The second kappa shape index (κ2) is 8.51. The van der Waals surface area contributed by atoms with Crippen LogP contribution in [0.5, 0.6) is 5.75 Å². The third-order valence-corrected chi connectivity index (χ3v) is 6.78. The number of anilines is 1. The molecule has 0 atom stereocenters. The monoisotopic (exact) mass is 422 g/mol. The van der Waals surface area contributed by atoms with Crippen molar-refractivity contribution in [2.75, 3.05) is 25.0 Å². The van der Waals surface area contributed by atoms with Gasteiger partial charge in [-0.3, -0.25) is 4.79 Å². The highest BCUT2D eigenvalue weighted by atomic mass is 35.5. The predicted molar refractivity (Wildman–Crippen MR) is 110 cm³/mol. The molecular weight excluding hydrogens is 400 g/mol. The van der Waals surface area contributed by atoms with Gasteiger partial charge < -0.3 is 10.1 Å². The second-order valence-electron chi connectivity index (χ2n) is 6.62. The molecule has 28 heavy (non-hydrogen) atoms. The smallest absolute Gasteiger partial charge is 0.255 e. The molecule has 1 aliphatic heterocycles. The summed E-state index contributed by atoms with van der Waals surface area (Å²) in [7, 11) is -3.72. The molecule has 0 spiro atoms. The van der Waals surface area contributed by atoms with Crippen LogP contribution in [0.4, 0.5) is 5.69 Å². The van der Waals surface area contributed by atoms with Crippen molar-refractivity contribution in [3.05, 3.63) is 52.5 Å². The summed E-state index contributed by atoms with van der Waals surface area (Å²) in [6.07, 6.45) is 1.67. The van der Waals surface area contributed by atoms with E-state index in [2.05, 4.69) is 5.32 Å². The van der Waals surface area contributed by atoms with Gasteiger partial charge in [0, 0.05) is 29.4 Å². The molecule has 1 N–H and O–H groups in total. The van der Waals surface area contributed by atoms with E-state index in [1.54, 1.807) is 31.2 Å². The van der Waals surface area contributed by atoms with E-state index in [4.69, 9.17) is 16.3 Å². The van der Waals surface area contributed by atoms with Crippen LogP contribution in [-0.4, -0.2) is 38.3 Å². The zero-order chi connectivity index (χ0) is 20.3. The highest BCUT2D eigenvalue weighted by molar-refractivity contribution is 7.89. The van der Waals surface area contributed by atoms with Crippen LogP contribution in [0, 0.1) is 6.92 Å². The number of sulfonamides is 1. The minimum Gasteiger partial charge on any atom is -0.492 e. The molecule has 1 saturated heterocycles. The Morgan fingerprint density at radius 3 is 2.54 bits per heavy atom. The number of hydrogen-bond donors (Lipinski definition) is 1. The third-order valence-electron chi connectivity index (χ3n) is 4.63. The zero-order valence-corrected chi connectivity index (χ0v) is 17.4. The lowest BCUT2D eigenvalue weighted by Gasteiger charge is -2.19. The summed E-state index contributed by atoms with van der Waals surface area (Å²) in [4.78, 5) is 12.8. The number of nitrogens with zero attached hydrogens (tertiary/aromatic N) is 1. The standard InChI is InChI=1S/C20H23ClN2O4S/c1-3-27-18-9-6-15(13-19(18)28(25,26)23-10-4-5-11-23)20(24)22-17-8-7-16(21)12-14(17)2/h6-9,12-13H,3-5,10-11H2,1-2H3,(H,22,24). The van der Waals surface area contributed by atoms with Crippen LogP contribution >= 0.6 is 11.6 Å². The molecule has 6 nitrogen and oxygen atoms in total. The maximum atomic E-state index is 13.1. The maximum Gasteiger partial charge on any atom is 0.255 e. The van der Waals surface area contributed by atoms with Crippen molar-refractivity contribution in [1.29, 1.82) is 0 Å². The van der Waals surface area contributed by atoms with Gasteiger partial charge in [0.05, 0.1) is 6.61 Å². The highest BCUT2D eigenvalue weighted by Crippen LogP contribution is 2.30. The first kappa shape index (κ1) is 20.6. The van der Waals surface area contributed by atoms with Crippen molar-refractivity contribution >= 4 is 33.2 Å². The molecule has 0 aliphatic carbocycles. The maximum absolute atomic E-state index is 13.1. The molecular formula is C20H23ClN2O4S. The number of benzene rings is 2. The van der Waals surface area contributed by atoms with Crippen LogP contribution in [0.15, 0.2) is 41.3 Å². The summed E-state index contributed by atoms with van der Waals surface area (Å²) in [6.45, 7) is 4.92. The van der Waals surface area contributed by atoms with Crippen LogP contribution < -0.4 is 10.1 Å². The lowest BCUT2D eigenvalue weighted by Crippen LogP contribution is -2.28. The highest BCUT2D eigenvalue weighted by Gasteiger charge is 2.30. The molecule has 0 bridgehead atoms. The van der Waals surface area contributed by atoms with Crippen LogP contribution in [0.3, 0.4) is 0 Å². The fourth-order valence-electron chi connectivity index (χ4n) is 3.16. The Hall–Kier alpha value is -2.09. The van der Waals surface area contributed by atoms with Gasteiger partial charge in [-0.1, -0.05) is 11.6 Å². The molecule has 8 heteroatoms. The largest absolute Gasteiger partial charge is 0.492 e. The van der Waals surface area contributed by atoms with Crippen molar-refractivity contribution in [3.8, 4) is 5.75 Å². The van der Waals surface area contributed by atoms with Crippen LogP contribution in [0.1, 0.15) is 35.7 Å². The SMILES string of the molecule is CCOc1ccc(C(=O)Nc2ccc(Cl)cc2C)cc1S(=O)(=O)N1CCCC1. The van der Waals surface area contributed by atoms with E-state index in [9.17, 15) is 13.2 Å². The minimum atomic E-state index is -3.72.